The minimum Gasteiger partial charge on any atom is -0.330 e. The summed E-state index contributed by atoms with van der Waals surface area (Å²) in [5.74, 6) is 0. The quantitative estimate of drug-likeness (QED) is 0.294. The van der Waals surface area contributed by atoms with Crippen LogP contribution in [0, 0.1) is 0 Å². The smallest absolute Gasteiger partial charge is 0.00669 e. The molecule has 0 aromatic rings. The van der Waals surface area contributed by atoms with Crippen LogP contribution in [0.2, 0.25) is 0 Å². The summed E-state index contributed by atoms with van der Waals surface area (Å²) in [7, 11) is 0. The van der Waals surface area contributed by atoms with Crippen molar-refractivity contribution in [3.05, 3.63) is 0 Å². The van der Waals surface area contributed by atoms with Gasteiger partial charge >= 0.3 is 0 Å². The molecule has 0 amide bonds. The predicted molar refractivity (Wildman–Crippen MR) is 99.5 cm³/mol. The minimum atomic E-state index is 0.740. The second-order valence-corrected chi connectivity index (χ2v) is 6.28. The number of unbranched alkanes of at least 4 members (excludes halogenated alkanes) is 2. The Morgan fingerprint density at radius 3 is 1.91 bits per heavy atom. The van der Waals surface area contributed by atoms with Crippen LogP contribution in [0.5, 0.6) is 0 Å². The zero-order valence-electron chi connectivity index (χ0n) is 15.3. The normalized spacial score (nSPS) is 12.7. The molecule has 0 rings (SSSR count). The van der Waals surface area contributed by atoms with Crippen molar-refractivity contribution in [1.82, 2.24) is 16.0 Å². The van der Waals surface area contributed by atoms with Gasteiger partial charge in [0, 0.05) is 6.04 Å². The Bertz CT molecular complexity index is 200. The molecule has 0 spiro atoms. The van der Waals surface area contributed by atoms with Gasteiger partial charge in [0.25, 0.3) is 0 Å². The molecule has 134 valence electrons. The minimum absolute atomic E-state index is 0.740. The van der Waals surface area contributed by atoms with Crippen molar-refractivity contribution in [3.8, 4) is 0 Å². The summed E-state index contributed by atoms with van der Waals surface area (Å²) in [6.07, 6.45) is 11.5. The van der Waals surface area contributed by atoms with E-state index in [1.165, 1.54) is 51.4 Å². The van der Waals surface area contributed by atoms with E-state index in [9.17, 15) is 0 Å². The molecule has 0 aliphatic rings. The van der Waals surface area contributed by atoms with E-state index < -0.39 is 0 Å². The van der Waals surface area contributed by atoms with Crippen LogP contribution in [0.25, 0.3) is 0 Å². The summed E-state index contributed by atoms with van der Waals surface area (Å²) in [5, 5.41) is 10.7. The van der Waals surface area contributed by atoms with Crippen LogP contribution >= 0.6 is 0 Å². The van der Waals surface area contributed by atoms with Gasteiger partial charge in [-0.1, -0.05) is 33.1 Å². The third kappa shape index (κ3) is 16.2. The number of nitrogens with two attached hydrogens (primary N) is 1. The lowest BCUT2D eigenvalue weighted by Gasteiger charge is -2.17. The Balaban J connectivity index is 3.23. The summed E-state index contributed by atoms with van der Waals surface area (Å²) in [6, 6.07) is 0.740. The molecule has 0 aliphatic heterocycles. The van der Waals surface area contributed by atoms with Gasteiger partial charge in [-0.3, -0.25) is 0 Å². The second kappa shape index (κ2) is 18.9. The number of hydrogen-bond acceptors (Lipinski definition) is 4. The molecule has 0 saturated carbocycles. The van der Waals surface area contributed by atoms with Crippen molar-refractivity contribution in [2.45, 2.75) is 77.7 Å². The van der Waals surface area contributed by atoms with Gasteiger partial charge in [0.1, 0.15) is 0 Å². The Kier molecular flexibility index (Phi) is 18.8. The van der Waals surface area contributed by atoms with Gasteiger partial charge in [0.05, 0.1) is 0 Å². The first-order valence-corrected chi connectivity index (χ1v) is 9.70. The standard InChI is InChI=1S/C18H42N4/c1-3-5-11-18(10-4-2)22-17-9-16-21-14-7-6-13-20-15-8-12-19/h18,20-22H,3-17,19H2,1-2H3. The molecule has 0 bridgehead atoms. The van der Waals surface area contributed by atoms with E-state index in [0.29, 0.717) is 0 Å². The van der Waals surface area contributed by atoms with Gasteiger partial charge in [-0.2, -0.15) is 0 Å². The number of rotatable bonds is 18. The Labute approximate surface area is 139 Å². The first kappa shape index (κ1) is 21.8. The monoisotopic (exact) mass is 314 g/mol. The first-order valence-electron chi connectivity index (χ1n) is 9.70. The van der Waals surface area contributed by atoms with Gasteiger partial charge in [-0.05, 0) is 77.8 Å². The van der Waals surface area contributed by atoms with Gasteiger partial charge in [-0.15, -0.1) is 0 Å². The van der Waals surface area contributed by atoms with Crippen LogP contribution in [0.1, 0.15) is 71.6 Å². The average Bonchev–Trinajstić information content (AvgIpc) is 2.53. The average molecular weight is 315 g/mol. The van der Waals surface area contributed by atoms with Crippen LogP contribution in [0.3, 0.4) is 0 Å². The molecule has 4 nitrogen and oxygen atoms in total. The number of hydrogen-bond donors (Lipinski definition) is 4. The maximum Gasteiger partial charge on any atom is 0.00669 e. The summed E-state index contributed by atoms with van der Waals surface area (Å²) >= 11 is 0. The van der Waals surface area contributed by atoms with E-state index in [4.69, 9.17) is 5.73 Å². The molecule has 0 aromatic heterocycles. The van der Waals surface area contributed by atoms with Crippen LogP contribution in [0.15, 0.2) is 0 Å². The van der Waals surface area contributed by atoms with E-state index in [0.717, 1.165) is 51.7 Å². The molecule has 0 radical (unpaired) electrons. The van der Waals surface area contributed by atoms with E-state index >= 15 is 0 Å². The fourth-order valence-corrected chi connectivity index (χ4v) is 2.64. The second-order valence-electron chi connectivity index (χ2n) is 6.28. The Morgan fingerprint density at radius 2 is 1.32 bits per heavy atom. The highest BCUT2D eigenvalue weighted by Gasteiger charge is 2.05. The molecule has 4 heteroatoms. The molecule has 0 aliphatic carbocycles. The van der Waals surface area contributed by atoms with Crippen LogP contribution in [0.4, 0.5) is 0 Å². The van der Waals surface area contributed by atoms with Gasteiger partial charge < -0.3 is 21.7 Å². The van der Waals surface area contributed by atoms with E-state index in [1.54, 1.807) is 0 Å². The van der Waals surface area contributed by atoms with Crippen molar-refractivity contribution in [1.29, 1.82) is 0 Å². The zero-order valence-corrected chi connectivity index (χ0v) is 15.3. The Morgan fingerprint density at radius 1 is 0.682 bits per heavy atom. The fraction of sp³-hybridized carbons (Fsp3) is 1.00. The van der Waals surface area contributed by atoms with Crippen molar-refractivity contribution in [2.24, 2.45) is 5.73 Å². The first-order chi connectivity index (χ1) is 10.8. The maximum absolute atomic E-state index is 5.45. The maximum atomic E-state index is 5.45. The highest BCUT2D eigenvalue weighted by atomic mass is 14.9. The van der Waals surface area contributed by atoms with Gasteiger partial charge in [0.2, 0.25) is 0 Å². The molecule has 1 unspecified atom stereocenters. The van der Waals surface area contributed by atoms with E-state index in [-0.39, 0.29) is 0 Å². The highest BCUT2D eigenvalue weighted by molar-refractivity contribution is 4.66. The van der Waals surface area contributed by atoms with Crippen molar-refractivity contribution in [3.63, 3.8) is 0 Å². The molecule has 22 heavy (non-hydrogen) atoms. The summed E-state index contributed by atoms with van der Waals surface area (Å²) in [4.78, 5) is 0. The molecule has 0 saturated heterocycles. The van der Waals surface area contributed by atoms with Crippen molar-refractivity contribution in [2.75, 3.05) is 39.3 Å². The SMILES string of the molecule is CCCCC(CCC)NCCCNCCCCNCCCN. The summed E-state index contributed by atoms with van der Waals surface area (Å²) < 4.78 is 0. The van der Waals surface area contributed by atoms with E-state index in [1.807, 2.05) is 0 Å². The van der Waals surface area contributed by atoms with Crippen molar-refractivity contribution < 1.29 is 0 Å². The van der Waals surface area contributed by atoms with Gasteiger partial charge in [0.15, 0.2) is 0 Å². The molecule has 5 N–H and O–H groups in total. The molecular formula is C18H42N4. The molecule has 0 fully saturated rings. The van der Waals surface area contributed by atoms with Gasteiger partial charge in [-0.25, -0.2) is 0 Å². The molecular weight excluding hydrogens is 272 g/mol. The van der Waals surface area contributed by atoms with Crippen LogP contribution in [-0.4, -0.2) is 45.3 Å². The fourth-order valence-electron chi connectivity index (χ4n) is 2.64. The predicted octanol–water partition coefficient (Wildman–Crippen LogP) is 2.63. The lowest BCUT2D eigenvalue weighted by Crippen LogP contribution is -2.31. The highest BCUT2D eigenvalue weighted by Crippen LogP contribution is 2.06. The number of nitrogens with one attached hydrogen (secondary N) is 3. The lowest BCUT2D eigenvalue weighted by atomic mass is 10.1. The van der Waals surface area contributed by atoms with Crippen LogP contribution < -0.4 is 21.7 Å². The molecule has 1 atom stereocenters. The zero-order chi connectivity index (χ0) is 16.3. The van der Waals surface area contributed by atoms with Crippen molar-refractivity contribution >= 4 is 0 Å². The summed E-state index contributed by atoms with van der Waals surface area (Å²) in [5.41, 5.74) is 5.45. The van der Waals surface area contributed by atoms with Crippen LogP contribution in [-0.2, 0) is 0 Å². The third-order valence-electron chi connectivity index (χ3n) is 4.02. The third-order valence-corrected chi connectivity index (χ3v) is 4.02. The topological polar surface area (TPSA) is 62.1 Å². The lowest BCUT2D eigenvalue weighted by molar-refractivity contribution is 0.428. The largest absolute Gasteiger partial charge is 0.330 e. The van der Waals surface area contributed by atoms with E-state index in [2.05, 4.69) is 29.8 Å². The Hall–Kier alpha value is -0.160. The molecule has 0 heterocycles. The summed E-state index contributed by atoms with van der Waals surface area (Å²) in [6.45, 7) is 11.0. The molecule has 0 aromatic carbocycles.